The highest BCUT2D eigenvalue weighted by Gasteiger charge is 2.63. The molecule has 1 amide bonds. The molecule has 4 heteroatoms. The van der Waals surface area contributed by atoms with Crippen molar-refractivity contribution in [2.75, 3.05) is 6.61 Å². The van der Waals surface area contributed by atoms with Crippen molar-refractivity contribution in [1.82, 2.24) is 5.32 Å². The molecule has 126 valence electrons. The third-order valence-corrected chi connectivity index (χ3v) is 6.15. The van der Waals surface area contributed by atoms with E-state index in [1.807, 2.05) is 20.8 Å². The number of ether oxygens (including phenoxy) is 1. The zero-order valence-corrected chi connectivity index (χ0v) is 14.5. The van der Waals surface area contributed by atoms with Gasteiger partial charge in [0.2, 0.25) is 0 Å². The van der Waals surface area contributed by atoms with Gasteiger partial charge in [0.1, 0.15) is 5.60 Å². The number of aliphatic hydroxyl groups excluding tert-OH is 1. The smallest absolute Gasteiger partial charge is 0.408 e. The second-order valence-electron chi connectivity index (χ2n) is 9.43. The van der Waals surface area contributed by atoms with E-state index in [9.17, 15) is 9.90 Å². The Hall–Kier alpha value is -0.770. The lowest BCUT2D eigenvalue weighted by Gasteiger charge is -2.66. The van der Waals surface area contributed by atoms with Crippen LogP contribution >= 0.6 is 0 Å². The molecule has 0 heterocycles. The fourth-order valence-corrected chi connectivity index (χ4v) is 6.08. The van der Waals surface area contributed by atoms with Crippen LogP contribution in [0.4, 0.5) is 4.79 Å². The summed E-state index contributed by atoms with van der Waals surface area (Å²) in [7, 11) is 0. The zero-order chi connectivity index (χ0) is 16.2. The standard InChI is InChI=1S/C18H31NO3/c1-5-16-6-13-7-17(9-16,12-20)11-18(8-13,10-16)19-14(21)22-15(2,3)4/h13,20H,5-12H2,1-4H3,(H,19,21). The second kappa shape index (κ2) is 4.86. The van der Waals surface area contributed by atoms with Crippen LogP contribution in [0.3, 0.4) is 0 Å². The Kier molecular flexibility index (Phi) is 3.56. The van der Waals surface area contributed by atoms with Gasteiger partial charge >= 0.3 is 6.09 Å². The molecular formula is C18H31NO3. The number of alkyl carbamates (subject to hydrolysis) is 1. The third kappa shape index (κ3) is 2.75. The molecule has 0 aromatic heterocycles. The number of hydrogen-bond acceptors (Lipinski definition) is 3. The van der Waals surface area contributed by atoms with E-state index in [0.717, 1.165) is 38.5 Å². The Morgan fingerprint density at radius 2 is 1.82 bits per heavy atom. The van der Waals surface area contributed by atoms with Gasteiger partial charge in [-0.2, -0.15) is 0 Å². The first-order chi connectivity index (χ1) is 10.1. The van der Waals surface area contributed by atoms with Gasteiger partial charge in [0.25, 0.3) is 0 Å². The summed E-state index contributed by atoms with van der Waals surface area (Å²) >= 11 is 0. The Morgan fingerprint density at radius 3 is 2.41 bits per heavy atom. The zero-order valence-electron chi connectivity index (χ0n) is 14.5. The highest BCUT2D eigenvalue weighted by molar-refractivity contribution is 5.69. The van der Waals surface area contributed by atoms with E-state index in [0.29, 0.717) is 11.3 Å². The van der Waals surface area contributed by atoms with Crippen molar-refractivity contribution in [3.8, 4) is 0 Å². The summed E-state index contributed by atoms with van der Waals surface area (Å²) in [4.78, 5) is 12.3. The van der Waals surface area contributed by atoms with E-state index in [1.54, 1.807) is 0 Å². The molecule has 4 atom stereocenters. The van der Waals surface area contributed by atoms with Gasteiger partial charge in [0.05, 0.1) is 0 Å². The highest BCUT2D eigenvalue weighted by Crippen LogP contribution is 2.67. The molecule has 0 aromatic carbocycles. The molecular weight excluding hydrogens is 278 g/mol. The number of hydrogen-bond donors (Lipinski definition) is 2. The van der Waals surface area contributed by atoms with Crippen LogP contribution in [-0.4, -0.2) is 28.9 Å². The van der Waals surface area contributed by atoms with E-state index in [1.165, 1.54) is 6.42 Å². The Balaban J connectivity index is 1.82. The van der Waals surface area contributed by atoms with Gasteiger partial charge in [-0.05, 0) is 76.0 Å². The van der Waals surface area contributed by atoms with Crippen LogP contribution in [0.25, 0.3) is 0 Å². The summed E-state index contributed by atoms with van der Waals surface area (Å²) in [5.74, 6) is 0.637. The Labute approximate surface area is 134 Å². The van der Waals surface area contributed by atoms with Crippen LogP contribution in [0.5, 0.6) is 0 Å². The van der Waals surface area contributed by atoms with Gasteiger partial charge in [-0.25, -0.2) is 4.79 Å². The van der Waals surface area contributed by atoms with Gasteiger partial charge in [-0.1, -0.05) is 13.3 Å². The van der Waals surface area contributed by atoms with Crippen molar-refractivity contribution < 1.29 is 14.6 Å². The highest BCUT2D eigenvalue weighted by atomic mass is 16.6. The lowest BCUT2D eigenvalue weighted by molar-refractivity contribution is -0.149. The normalized spacial score (nSPS) is 43.2. The summed E-state index contributed by atoms with van der Waals surface area (Å²) in [6.45, 7) is 8.21. The predicted molar refractivity (Wildman–Crippen MR) is 85.5 cm³/mol. The minimum Gasteiger partial charge on any atom is -0.444 e. The molecule has 4 aliphatic carbocycles. The first-order valence-corrected chi connectivity index (χ1v) is 8.75. The molecule has 22 heavy (non-hydrogen) atoms. The van der Waals surface area contributed by atoms with E-state index in [4.69, 9.17) is 4.74 Å². The molecule has 4 saturated carbocycles. The predicted octanol–water partition coefficient (Wildman–Crippen LogP) is 3.62. The molecule has 4 bridgehead atoms. The molecule has 0 saturated heterocycles. The number of rotatable bonds is 3. The van der Waals surface area contributed by atoms with E-state index >= 15 is 0 Å². The topological polar surface area (TPSA) is 58.6 Å². The summed E-state index contributed by atoms with van der Waals surface area (Å²) in [5.41, 5.74) is -0.314. The molecule has 4 nitrogen and oxygen atoms in total. The first kappa shape index (κ1) is 16.1. The van der Waals surface area contributed by atoms with Gasteiger partial charge in [0.15, 0.2) is 0 Å². The molecule has 4 aliphatic rings. The summed E-state index contributed by atoms with van der Waals surface area (Å²) in [6, 6.07) is 0. The van der Waals surface area contributed by atoms with Gasteiger partial charge in [-0.15, -0.1) is 0 Å². The average molecular weight is 309 g/mol. The lowest BCUT2D eigenvalue weighted by atomic mass is 9.41. The van der Waals surface area contributed by atoms with Crippen LogP contribution in [0.2, 0.25) is 0 Å². The summed E-state index contributed by atoms with van der Waals surface area (Å²) < 4.78 is 5.50. The minimum absolute atomic E-state index is 0.0183. The van der Waals surface area contributed by atoms with Crippen LogP contribution in [0, 0.1) is 16.7 Å². The van der Waals surface area contributed by atoms with Crippen LogP contribution in [0.1, 0.15) is 72.6 Å². The van der Waals surface area contributed by atoms with Crippen molar-refractivity contribution in [2.45, 2.75) is 83.8 Å². The minimum atomic E-state index is -0.469. The van der Waals surface area contributed by atoms with Crippen LogP contribution in [-0.2, 0) is 4.74 Å². The van der Waals surface area contributed by atoms with Crippen molar-refractivity contribution in [1.29, 1.82) is 0 Å². The van der Waals surface area contributed by atoms with Gasteiger partial charge in [-0.3, -0.25) is 0 Å². The van der Waals surface area contributed by atoms with Crippen LogP contribution < -0.4 is 5.32 Å². The van der Waals surface area contributed by atoms with Gasteiger partial charge < -0.3 is 15.2 Å². The Morgan fingerprint density at radius 1 is 1.18 bits per heavy atom. The number of nitrogens with one attached hydrogen (secondary N) is 1. The SMILES string of the molecule is CCC12CC3CC(CO)(C1)CC(NC(=O)OC(C)(C)C)(C3)C2. The average Bonchev–Trinajstić information content (AvgIpc) is 2.34. The molecule has 0 radical (unpaired) electrons. The first-order valence-electron chi connectivity index (χ1n) is 8.75. The third-order valence-electron chi connectivity index (χ3n) is 6.15. The molecule has 0 spiro atoms. The fraction of sp³-hybridized carbons (Fsp3) is 0.944. The lowest BCUT2D eigenvalue weighted by Crippen LogP contribution is -2.67. The fourth-order valence-electron chi connectivity index (χ4n) is 6.08. The monoisotopic (exact) mass is 309 g/mol. The maximum atomic E-state index is 12.3. The number of amides is 1. The maximum absolute atomic E-state index is 12.3. The summed E-state index contributed by atoms with van der Waals surface area (Å²) in [5, 5.41) is 13.3. The molecule has 0 aromatic rings. The number of carbonyl (C=O) groups excluding carboxylic acids is 1. The van der Waals surface area contributed by atoms with Gasteiger partial charge in [0, 0.05) is 12.1 Å². The molecule has 4 rings (SSSR count). The van der Waals surface area contributed by atoms with Crippen molar-refractivity contribution in [3.05, 3.63) is 0 Å². The van der Waals surface area contributed by atoms with E-state index in [-0.39, 0.29) is 23.7 Å². The molecule has 4 fully saturated rings. The molecule has 2 N–H and O–H groups in total. The summed E-state index contributed by atoms with van der Waals surface area (Å²) in [6.07, 6.45) is 7.38. The number of carbonyl (C=O) groups is 1. The quantitative estimate of drug-likeness (QED) is 0.837. The van der Waals surface area contributed by atoms with Crippen molar-refractivity contribution in [3.63, 3.8) is 0 Å². The van der Waals surface area contributed by atoms with Crippen molar-refractivity contribution in [2.24, 2.45) is 16.7 Å². The van der Waals surface area contributed by atoms with E-state index in [2.05, 4.69) is 12.2 Å². The van der Waals surface area contributed by atoms with Crippen molar-refractivity contribution >= 4 is 6.09 Å². The Bertz CT molecular complexity index is 447. The molecule has 0 aliphatic heterocycles. The second-order valence-corrected chi connectivity index (χ2v) is 9.43. The number of aliphatic hydroxyl groups is 1. The van der Waals surface area contributed by atoms with E-state index < -0.39 is 5.60 Å². The molecule has 4 unspecified atom stereocenters. The maximum Gasteiger partial charge on any atom is 0.408 e. The largest absolute Gasteiger partial charge is 0.444 e. The van der Waals surface area contributed by atoms with Crippen LogP contribution in [0.15, 0.2) is 0 Å².